The summed E-state index contributed by atoms with van der Waals surface area (Å²) in [5.41, 5.74) is 0. The van der Waals surface area contributed by atoms with E-state index in [2.05, 4.69) is 0 Å². The molecule has 0 spiro atoms. The summed E-state index contributed by atoms with van der Waals surface area (Å²) in [5, 5.41) is 0. The lowest BCUT2D eigenvalue weighted by molar-refractivity contribution is -0.137. The highest BCUT2D eigenvalue weighted by molar-refractivity contribution is 5.79. The SMILES string of the molecule is CC1CC(=O)CCN1CCCC(F)(F)F. The second kappa shape index (κ2) is 4.96. The minimum atomic E-state index is -4.06. The van der Waals surface area contributed by atoms with Gasteiger partial charge in [0.25, 0.3) is 0 Å². The Labute approximate surface area is 87.4 Å². The van der Waals surface area contributed by atoms with E-state index >= 15 is 0 Å². The van der Waals surface area contributed by atoms with Crippen LogP contribution in [0.3, 0.4) is 0 Å². The summed E-state index contributed by atoms with van der Waals surface area (Å²) in [4.78, 5) is 13.0. The van der Waals surface area contributed by atoms with Gasteiger partial charge in [-0.05, 0) is 19.9 Å². The fourth-order valence-corrected chi connectivity index (χ4v) is 1.86. The first kappa shape index (κ1) is 12.5. The number of rotatable bonds is 3. The molecule has 1 aliphatic heterocycles. The van der Waals surface area contributed by atoms with Crippen LogP contribution in [0.25, 0.3) is 0 Å². The number of Topliss-reactive ketones (excluding diaryl/α,β-unsaturated/α-hetero) is 1. The summed E-state index contributed by atoms with van der Waals surface area (Å²) >= 11 is 0. The van der Waals surface area contributed by atoms with Crippen LogP contribution in [0, 0.1) is 0 Å². The highest BCUT2D eigenvalue weighted by Crippen LogP contribution is 2.22. The smallest absolute Gasteiger partial charge is 0.300 e. The number of ketones is 1. The van der Waals surface area contributed by atoms with Gasteiger partial charge in [0.2, 0.25) is 0 Å². The van der Waals surface area contributed by atoms with Gasteiger partial charge in [0.05, 0.1) is 0 Å². The molecule has 0 N–H and O–H groups in total. The standard InChI is InChI=1S/C10H16F3NO/c1-8-7-9(15)3-6-14(8)5-2-4-10(11,12)13/h8H,2-7H2,1H3. The zero-order valence-corrected chi connectivity index (χ0v) is 8.81. The third kappa shape index (κ3) is 4.64. The van der Waals surface area contributed by atoms with Crippen LogP contribution in [0.2, 0.25) is 0 Å². The van der Waals surface area contributed by atoms with Gasteiger partial charge in [0, 0.05) is 31.8 Å². The lowest BCUT2D eigenvalue weighted by atomic mass is 10.0. The second-order valence-corrected chi connectivity index (χ2v) is 4.10. The van der Waals surface area contributed by atoms with Crippen LogP contribution < -0.4 is 0 Å². The summed E-state index contributed by atoms with van der Waals surface area (Å²) in [6.07, 6.45) is -3.70. The van der Waals surface area contributed by atoms with E-state index in [1.54, 1.807) is 0 Å². The van der Waals surface area contributed by atoms with E-state index in [1.165, 1.54) is 0 Å². The first-order chi connectivity index (χ1) is 6.88. The molecule has 1 unspecified atom stereocenters. The Bertz CT molecular complexity index is 227. The summed E-state index contributed by atoms with van der Waals surface area (Å²) in [7, 11) is 0. The van der Waals surface area contributed by atoms with Crippen molar-refractivity contribution in [3.63, 3.8) is 0 Å². The molecule has 0 aliphatic carbocycles. The Morgan fingerprint density at radius 3 is 2.67 bits per heavy atom. The molecule has 5 heteroatoms. The van der Waals surface area contributed by atoms with Crippen molar-refractivity contribution in [2.75, 3.05) is 13.1 Å². The molecular formula is C10H16F3NO. The summed E-state index contributed by atoms with van der Waals surface area (Å²) < 4.78 is 35.7. The fourth-order valence-electron chi connectivity index (χ4n) is 1.86. The van der Waals surface area contributed by atoms with Crippen molar-refractivity contribution < 1.29 is 18.0 Å². The van der Waals surface area contributed by atoms with Crippen molar-refractivity contribution in [3.05, 3.63) is 0 Å². The number of carbonyl (C=O) groups is 1. The summed E-state index contributed by atoms with van der Waals surface area (Å²) in [5.74, 6) is 0.217. The Morgan fingerprint density at radius 1 is 1.47 bits per heavy atom. The van der Waals surface area contributed by atoms with Crippen LogP contribution in [0.5, 0.6) is 0 Å². The molecule has 88 valence electrons. The Balaban J connectivity index is 2.24. The summed E-state index contributed by atoms with van der Waals surface area (Å²) in [6, 6.07) is 0.0967. The first-order valence-electron chi connectivity index (χ1n) is 5.21. The Hall–Kier alpha value is -0.580. The third-order valence-electron chi connectivity index (χ3n) is 2.73. The number of nitrogens with zero attached hydrogens (tertiary/aromatic N) is 1. The highest BCUT2D eigenvalue weighted by atomic mass is 19.4. The number of halogens is 3. The number of carbonyl (C=O) groups excluding carboxylic acids is 1. The minimum Gasteiger partial charge on any atom is -0.300 e. The van der Waals surface area contributed by atoms with Gasteiger partial charge in [0.1, 0.15) is 5.78 Å². The van der Waals surface area contributed by atoms with Crippen molar-refractivity contribution in [2.45, 2.75) is 44.8 Å². The molecule has 0 aromatic heterocycles. The van der Waals surface area contributed by atoms with Gasteiger partial charge in [-0.25, -0.2) is 0 Å². The number of alkyl halides is 3. The number of hydrogen-bond acceptors (Lipinski definition) is 2. The van der Waals surface area contributed by atoms with Crippen molar-refractivity contribution in [3.8, 4) is 0 Å². The predicted octanol–water partition coefficient (Wildman–Crippen LogP) is 2.38. The maximum Gasteiger partial charge on any atom is 0.389 e. The van der Waals surface area contributed by atoms with E-state index in [1.807, 2.05) is 11.8 Å². The topological polar surface area (TPSA) is 20.3 Å². The van der Waals surface area contributed by atoms with Gasteiger partial charge in [-0.2, -0.15) is 13.2 Å². The second-order valence-electron chi connectivity index (χ2n) is 4.10. The lowest BCUT2D eigenvalue weighted by Crippen LogP contribution is -2.41. The van der Waals surface area contributed by atoms with Crippen LogP contribution in [-0.2, 0) is 4.79 Å². The summed E-state index contributed by atoms with van der Waals surface area (Å²) in [6.45, 7) is 2.94. The van der Waals surface area contributed by atoms with E-state index in [0.717, 1.165) is 0 Å². The number of piperidine rings is 1. The normalized spacial score (nSPS) is 24.5. The van der Waals surface area contributed by atoms with Gasteiger partial charge >= 0.3 is 6.18 Å². The van der Waals surface area contributed by atoms with Crippen molar-refractivity contribution in [2.24, 2.45) is 0 Å². The molecule has 15 heavy (non-hydrogen) atoms. The molecule has 0 amide bonds. The molecule has 1 rings (SSSR count). The van der Waals surface area contributed by atoms with E-state index < -0.39 is 12.6 Å². The average molecular weight is 223 g/mol. The molecule has 0 radical (unpaired) electrons. The molecule has 1 fully saturated rings. The fraction of sp³-hybridized carbons (Fsp3) is 0.900. The van der Waals surface area contributed by atoms with E-state index in [4.69, 9.17) is 0 Å². The van der Waals surface area contributed by atoms with Crippen LogP contribution >= 0.6 is 0 Å². The van der Waals surface area contributed by atoms with Crippen LogP contribution in [0.15, 0.2) is 0 Å². The molecule has 0 saturated carbocycles. The van der Waals surface area contributed by atoms with Gasteiger partial charge in [0.15, 0.2) is 0 Å². The maximum atomic E-state index is 11.9. The maximum absolute atomic E-state index is 11.9. The predicted molar refractivity (Wildman–Crippen MR) is 50.6 cm³/mol. The number of likely N-dealkylation sites (tertiary alicyclic amines) is 1. The van der Waals surface area contributed by atoms with Gasteiger partial charge in [-0.1, -0.05) is 0 Å². The molecular weight excluding hydrogens is 207 g/mol. The van der Waals surface area contributed by atoms with E-state index in [0.29, 0.717) is 25.9 Å². The number of hydrogen-bond donors (Lipinski definition) is 0. The van der Waals surface area contributed by atoms with Crippen LogP contribution in [0.4, 0.5) is 13.2 Å². The monoisotopic (exact) mass is 223 g/mol. The Kier molecular flexibility index (Phi) is 4.13. The molecule has 0 aromatic rings. The molecule has 2 nitrogen and oxygen atoms in total. The van der Waals surface area contributed by atoms with Crippen molar-refractivity contribution >= 4 is 5.78 Å². The minimum absolute atomic E-state index is 0.0967. The molecule has 0 bridgehead atoms. The average Bonchev–Trinajstić information content (AvgIpc) is 2.07. The zero-order valence-electron chi connectivity index (χ0n) is 8.81. The zero-order chi connectivity index (χ0) is 11.5. The highest BCUT2D eigenvalue weighted by Gasteiger charge is 2.28. The Morgan fingerprint density at radius 2 is 2.13 bits per heavy atom. The molecule has 0 aromatic carbocycles. The first-order valence-corrected chi connectivity index (χ1v) is 5.21. The van der Waals surface area contributed by atoms with E-state index in [9.17, 15) is 18.0 Å². The van der Waals surface area contributed by atoms with Gasteiger partial charge in [-0.15, -0.1) is 0 Å². The van der Waals surface area contributed by atoms with Crippen molar-refractivity contribution in [1.29, 1.82) is 0 Å². The molecule has 1 atom stereocenters. The largest absolute Gasteiger partial charge is 0.389 e. The molecule has 1 heterocycles. The van der Waals surface area contributed by atoms with E-state index in [-0.39, 0.29) is 18.2 Å². The third-order valence-corrected chi connectivity index (χ3v) is 2.73. The van der Waals surface area contributed by atoms with Gasteiger partial charge in [-0.3, -0.25) is 9.69 Å². The van der Waals surface area contributed by atoms with Crippen LogP contribution in [0.1, 0.15) is 32.6 Å². The molecule has 1 aliphatic rings. The van der Waals surface area contributed by atoms with Gasteiger partial charge < -0.3 is 0 Å². The lowest BCUT2D eigenvalue weighted by Gasteiger charge is -2.32. The van der Waals surface area contributed by atoms with Crippen LogP contribution in [-0.4, -0.2) is 36.0 Å². The molecule has 1 saturated heterocycles. The quantitative estimate of drug-likeness (QED) is 0.732. The van der Waals surface area contributed by atoms with Crippen molar-refractivity contribution in [1.82, 2.24) is 4.90 Å².